The zero-order valence-corrected chi connectivity index (χ0v) is 10.1. The smallest absolute Gasteiger partial charge is 0.315 e. The number of benzene rings is 1. The van der Waals surface area contributed by atoms with Crippen LogP contribution in [0.5, 0.6) is 0 Å². The van der Waals surface area contributed by atoms with Gasteiger partial charge in [0.2, 0.25) is 0 Å². The van der Waals surface area contributed by atoms with E-state index in [-0.39, 0.29) is 18.8 Å². The molecule has 0 spiro atoms. The molecule has 4 nitrogen and oxygen atoms in total. The number of rotatable bonds is 4. The van der Waals surface area contributed by atoms with E-state index in [9.17, 15) is 9.59 Å². The van der Waals surface area contributed by atoms with E-state index in [4.69, 9.17) is 5.11 Å². The third-order valence-corrected chi connectivity index (χ3v) is 2.31. The highest BCUT2D eigenvalue weighted by Crippen LogP contribution is 2.10. The van der Waals surface area contributed by atoms with Gasteiger partial charge in [0.15, 0.2) is 0 Å². The first-order valence-corrected chi connectivity index (χ1v) is 5.49. The number of carboxylic acid groups (broad SMARTS) is 1. The van der Waals surface area contributed by atoms with Crippen molar-refractivity contribution in [1.82, 2.24) is 0 Å². The molecule has 0 radical (unpaired) electrons. The average molecular weight is 246 g/mol. The highest BCUT2D eigenvalue weighted by atomic mass is 16.5. The number of ether oxygens (including phenoxy) is 1. The zero-order chi connectivity index (χ0) is 13.4. The number of carbonyl (C=O) groups is 2. The van der Waals surface area contributed by atoms with Gasteiger partial charge in [0.1, 0.15) is 6.42 Å². The lowest BCUT2D eigenvalue weighted by Crippen LogP contribution is -2.02. The summed E-state index contributed by atoms with van der Waals surface area (Å²) in [5.74, 6) is 4.16. The van der Waals surface area contributed by atoms with E-state index in [1.54, 1.807) is 0 Å². The number of carbonyl (C=O) groups excluding carboxylic acids is 1. The molecule has 0 fully saturated rings. The minimum absolute atomic E-state index is 0.189. The minimum atomic E-state index is -0.949. The molecule has 0 aliphatic carbocycles. The first-order chi connectivity index (χ1) is 8.63. The lowest BCUT2D eigenvalue weighted by molar-refractivity contribution is -0.140. The molecular weight excluding hydrogens is 232 g/mol. The van der Waals surface area contributed by atoms with Crippen LogP contribution in [0.3, 0.4) is 0 Å². The first kappa shape index (κ1) is 13.8. The van der Waals surface area contributed by atoms with Gasteiger partial charge >= 0.3 is 11.9 Å². The van der Waals surface area contributed by atoms with Gasteiger partial charge in [-0.3, -0.25) is 9.59 Å². The summed E-state index contributed by atoms with van der Waals surface area (Å²) in [4.78, 5) is 21.4. The van der Waals surface area contributed by atoms with Crippen LogP contribution in [0.15, 0.2) is 24.3 Å². The lowest BCUT2D eigenvalue weighted by Gasteiger charge is -2.03. The van der Waals surface area contributed by atoms with Gasteiger partial charge in [0.05, 0.1) is 7.11 Å². The molecule has 1 aromatic rings. The predicted octanol–water partition coefficient (Wildman–Crippen LogP) is 1.62. The lowest BCUT2D eigenvalue weighted by atomic mass is 10.0. The van der Waals surface area contributed by atoms with E-state index in [0.717, 1.165) is 11.1 Å². The van der Waals surface area contributed by atoms with Crippen molar-refractivity contribution in [3.05, 3.63) is 35.4 Å². The summed E-state index contributed by atoms with van der Waals surface area (Å²) in [6, 6.07) is 7.36. The van der Waals surface area contributed by atoms with Gasteiger partial charge in [-0.1, -0.05) is 30.0 Å². The molecule has 4 heteroatoms. The van der Waals surface area contributed by atoms with E-state index in [2.05, 4.69) is 16.6 Å². The van der Waals surface area contributed by atoms with Crippen LogP contribution in [0.25, 0.3) is 0 Å². The Morgan fingerprint density at radius 1 is 1.33 bits per heavy atom. The maximum Gasteiger partial charge on any atom is 0.315 e. The quantitative estimate of drug-likeness (QED) is 0.647. The standard InChI is InChI=1S/C14H14O4/c1-18-14(17)10-9-12-6-3-2-5-11(12)7-4-8-13(15)16/h2-3,5-6H,8-10H2,1H3,(H,15,16). The molecule has 0 aromatic heterocycles. The van der Waals surface area contributed by atoms with Gasteiger partial charge in [-0.15, -0.1) is 0 Å². The molecule has 94 valence electrons. The summed E-state index contributed by atoms with van der Waals surface area (Å²) in [5.41, 5.74) is 1.67. The summed E-state index contributed by atoms with van der Waals surface area (Å²) >= 11 is 0. The number of esters is 1. The molecule has 0 atom stereocenters. The Kier molecular flexibility index (Phi) is 5.46. The number of hydrogen-bond donors (Lipinski definition) is 1. The second-order valence-electron chi connectivity index (χ2n) is 3.61. The van der Waals surface area contributed by atoms with Gasteiger partial charge in [0.25, 0.3) is 0 Å². The molecule has 1 N–H and O–H groups in total. The highest BCUT2D eigenvalue weighted by Gasteiger charge is 2.04. The van der Waals surface area contributed by atoms with E-state index >= 15 is 0 Å². The number of aliphatic carboxylic acids is 1. The third-order valence-electron chi connectivity index (χ3n) is 2.31. The van der Waals surface area contributed by atoms with E-state index in [1.807, 2.05) is 24.3 Å². The SMILES string of the molecule is COC(=O)CCc1ccccc1C#CCC(=O)O. The molecule has 0 heterocycles. The maximum absolute atomic E-state index is 11.1. The molecule has 0 saturated carbocycles. The number of methoxy groups -OCH3 is 1. The van der Waals surface area contributed by atoms with E-state index < -0.39 is 5.97 Å². The predicted molar refractivity (Wildman–Crippen MR) is 65.9 cm³/mol. The molecule has 0 amide bonds. The Bertz CT molecular complexity index is 494. The van der Waals surface area contributed by atoms with E-state index in [0.29, 0.717) is 6.42 Å². The monoisotopic (exact) mass is 246 g/mol. The van der Waals surface area contributed by atoms with Crippen LogP contribution in [0.4, 0.5) is 0 Å². The van der Waals surface area contributed by atoms with Crippen molar-refractivity contribution in [2.45, 2.75) is 19.3 Å². The van der Waals surface area contributed by atoms with Crippen LogP contribution in [0.2, 0.25) is 0 Å². The van der Waals surface area contributed by atoms with Crippen molar-refractivity contribution in [3.8, 4) is 11.8 Å². The van der Waals surface area contributed by atoms with Crippen molar-refractivity contribution in [3.63, 3.8) is 0 Å². The Morgan fingerprint density at radius 3 is 2.72 bits per heavy atom. The third kappa shape index (κ3) is 4.71. The number of hydrogen-bond acceptors (Lipinski definition) is 3. The summed E-state index contributed by atoms with van der Waals surface area (Å²) in [5, 5.41) is 8.51. The fraction of sp³-hybridized carbons (Fsp3) is 0.286. The first-order valence-electron chi connectivity index (χ1n) is 5.49. The van der Waals surface area contributed by atoms with Crippen molar-refractivity contribution < 1.29 is 19.4 Å². The Balaban J connectivity index is 2.75. The van der Waals surface area contributed by atoms with Crippen molar-refractivity contribution in [2.24, 2.45) is 0 Å². The molecule has 0 aliphatic rings. The number of carboxylic acids is 1. The molecular formula is C14H14O4. The Hall–Kier alpha value is -2.28. The van der Waals surface area contributed by atoms with Crippen LogP contribution in [0.1, 0.15) is 24.0 Å². The molecule has 0 aliphatic heterocycles. The van der Waals surface area contributed by atoms with Crippen molar-refractivity contribution in [2.75, 3.05) is 7.11 Å². The summed E-state index contributed by atoms with van der Waals surface area (Å²) in [7, 11) is 1.35. The minimum Gasteiger partial charge on any atom is -0.481 e. The van der Waals surface area contributed by atoms with Crippen LogP contribution in [-0.2, 0) is 20.7 Å². The topological polar surface area (TPSA) is 63.6 Å². The number of aryl methyl sites for hydroxylation is 1. The summed E-state index contributed by atoms with van der Waals surface area (Å²) in [6.07, 6.45) is 0.629. The fourth-order valence-electron chi connectivity index (χ4n) is 1.41. The second kappa shape index (κ2) is 7.13. The van der Waals surface area contributed by atoms with E-state index in [1.165, 1.54) is 7.11 Å². The van der Waals surface area contributed by atoms with Gasteiger partial charge < -0.3 is 9.84 Å². The van der Waals surface area contributed by atoms with Crippen LogP contribution in [-0.4, -0.2) is 24.2 Å². The zero-order valence-electron chi connectivity index (χ0n) is 10.1. The normalized spacial score (nSPS) is 9.17. The van der Waals surface area contributed by atoms with Crippen LogP contribution in [0, 0.1) is 11.8 Å². The molecule has 18 heavy (non-hydrogen) atoms. The van der Waals surface area contributed by atoms with Crippen LogP contribution >= 0.6 is 0 Å². The molecule has 0 saturated heterocycles. The molecule has 1 aromatic carbocycles. The van der Waals surface area contributed by atoms with Gasteiger partial charge in [-0.2, -0.15) is 0 Å². The van der Waals surface area contributed by atoms with Gasteiger partial charge in [-0.25, -0.2) is 0 Å². The van der Waals surface area contributed by atoms with Crippen molar-refractivity contribution >= 4 is 11.9 Å². The Morgan fingerprint density at radius 2 is 2.06 bits per heavy atom. The van der Waals surface area contributed by atoms with Gasteiger partial charge in [0, 0.05) is 12.0 Å². The second-order valence-corrected chi connectivity index (χ2v) is 3.61. The maximum atomic E-state index is 11.1. The van der Waals surface area contributed by atoms with Gasteiger partial charge in [-0.05, 0) is 18.1 Å². The fourth-order valence-corrected chi connectivity index (χ4v) is 1.41. The Labute approximate surface area is 106 Å². The average Bonchev–Trinajstić information content (AvgIpc) is 2.36. The highest BCUT2D eigenvalue weighted by molar-refractivity contribution is 5.70. The van der Waals surface area contributed by atoms with Crippen LogP contribution < -0.4 is 0 Å². The molecule has 1 rings (SSSR count). The molecule has 0 bridgehead atoms. The van der Waals surface area contributed by atoms with Crippen molar-refractivity contribution in [1.29, 1.82) is 0 Å². The summed E-state index contributed by atoms with van der Waals surface area (Å²) < 4.78 is 4.57. The largest absolute Gasteiger partial charge is 0.481 e. The summed E-state index contributed by atoms with van der Waals surface area (Å²) in [6.45, 7) is 0. The molecule has 0 unspecified atom stereocenters.